The quantitative estimate of drug-likeness (QED) is 0.327. The Labute approximate surface area is 199 Å². The predicted molar refractivity (Wildman–Crippen MR) is 125 cm³/mol. The molecule has 1 aromatic heterocycles. The number of rotatable bonds is 7. The van der Waals surface area contributed by atoms with Gasteiger partial charge >= 0.3 is 12.3 Å². The number of fused-ring (bicyclic) bond motifs is 2. The number of carboxylic acid groups (broad SMARTS) is 1. The monoisotopic (exact) mass is 481 g/mol. The first-order valence-electron chi connectivity index (χ1n) is 11.2. The fourth-order valence-corrected chi connectivity index (χ4v) is 4.63. The minimum absolute atomic E-state index is 0.0274. The highest BCUT2D eigenvalue weighted by Crippen LogP contribution is 2.39. The van der Waals surface area contributed by atoms with Gasteiger partial charge in [0.15, 0.2) is 0 Å². The molecule has 3 aromatic carbocycles. The third kappa shape index (κ3) is 4.94. The Kier molecular flexibility index (Phi) is 5.84. The molecular weight excluding hydrogens is 459 g/mol. The largest absolute Gasteiger partial charge is 0.573 e. The lowest BCUT2D eigenvalue weighted by atomic mass is 10.1. The first-order chi connectivity index (χ1) is 16.8. The molecule has 0 unspecified atom stereocenters. The van der Waals surface area contributed by atoms with Gasteiger partial charge in [0.1, 0.15) is 5.75 Å². The number of carbonyl (C=O) groups is 1. The summed E-state index contributed by atoms with van der Waals surface area (Å²) >= 11 is 0. The summed E-state index contributed by atoms with van der Waals surface area (Å²) in [5.41, 5.74) is 5.53. The number of aliphatic carboxylic acids is 1. The van der Waals surface area contributed by atoms with Crippen LogP contribution in [0.15, 0.2) is 66.7 Å². The first-order valence-corrected chi connectivity index (χ1v) is 11.2. The van der Waals surface area contributed by atoms with Crippen LogP contribution in [0, 0.1) is 0 Å². The molecule has 0 saturated heterocycles. The van der Waals surface area contributed by atoms with Gasteiger partial charge in [-0.25, -0.2) is 4.98 Å². The van der Waals surface area contributed by atoms with Crippen molar-refractivity contribution >= 4 is 28.6 Å². The molecule has 1 heterocycles. The number of alkyl halides is 3. The highest BCUT2D eigenvalue weighted by molar-refractivity contribution is 5.81. The highest BCUT2D eigenvalue weighted by atomic mass is 19.4. The van der Waals surface area contributed by atoms with Crippen LogP contribution in [0.5, 0.6) is 5.75 Å². The number of benzene rings is 3. The zero-order chi connectivity index (χ0) is 24.6. The van der Waals surface area contributed by atoms with Crippen LogP contribution >= 0.6 is 0 Å². The summed E-state index contributed by atoms with van der Waals surface area (Å²) in [4.78, 5) is 15.8. The molecule has 0 aliphatic heterocycles. The average Bonchev–Trinajstić information content (AvgIpc) is 3.38. The van der Waals surface area contributed by atoms with Gasteiger partial charge in [0, 0.05) is 12.1 Å². The number of hydrogen-bond acceptors (Lipinski definition) is 4. The second-order valence-electron chi connectivity index (χ2n) is 8.47. The van der Waals surface area contributed by atoms with E-state index in [1.807, 2.05) is 30.3 Å². The maximum atomic E-state index is 12.5. The fraction of sp³-hybridized carbons (Fsp3) is 0.231. The fourth-order valence-electron chi connectivity index (χ4n) is 4.63. The number of nitrogens with one attached hydrogen (secondary N) is 1. The molecule has 0 saturated carbocycles. The second kappa shape index (κ2) is 8.98. The van der Waals surface area contributed by atoms with Crippen molar-refractivity contribution in [3.63, 3.8) is 0 Å². The van der Waals surface area contributed by atoms with Crippen LogP contribution in [0.2, 0.25) is 0 Å². The highest BCUT2D eigenvalue weighted by Gasteiger charge is 2.31. The van der Waals surface area contributed by atoms with Gasteiger partial charge in [-0.05, 0) is 72.4 Å². The zero-order valence-corrected chi connectivity index (χ0v) is 18.5. The van der Waals surface area contributed by atoms with Crippen molar-refractivity contribution < 1.29 is 27.8 Å². The molecule has 4 aromatic rings. The lowest BCUT2D eigenvalue weighted by molar-refractivity contribution is -0.274. The number of ether oxygens (including phenoxy) is 1. The van der Waals surface area contributed by atoms with E-state index < -0.39 is 12.3 Å². The zero-order valence-electron chi connectivity index (χ0n) is 18.5. The number of anilines is 2. The van der Waals surface area contributed by atoms with Crippen LogP contribution in [0.25, 0.3) is 11.0 Å². The van der Waals surface area contributed by atoms with Crippen molar-refractivity contribution in [2.45, 2.75) is 38.1 Å². The molecule has 0 fully saturated rings. The molecule has 9 heteroatoms. The Morgan fingerprint density at radius 1 is 1.11 bits per heavy atom. The Morgan fingerprint density at radius 2 is 1.89 bits per heavy atom. The molecule has 0 amide bonds. The summed E-state index contributed by atoms with van der Waals surface area (Å²) in [5.74, 6) is -0.607. The van der Waals surface area contributed by atoms with Gasteiger partial charge in [0.25, 0.3) is 0 Å². The maximum Gasteiger partial charge on any atom is 0.573 e. The van der Waals surface area contributed by atoms with E-state index in [9.17, 15) is 18.0 Å². The van der Waals surface area contributed by atoms with Crippen molar-refractivity contribution in [1.29, 1.82) is 0 Å². The Hall–Kier alpha value is -4.01. The second-order valence-corrected chi connectivity index (χ2v) is 8.47. The number of hydrogen-bond donors (Lipinski definition) is 2. The molecule has 5 rings (SSSR count). The summed E-state index contributed by atoms with van der Waals surface area (Å²) in [6, 6.07) is 19.5. The summed E-state index contributed by atoms with van der Waals surface area (Å²) < 4.78 is 43.6. The predicted octanol–water partition coefficient (Wildman–Crippen LogP) is 6.23. The average molecular weight is 481 g/mol. The smallest absolute Gasteiger partial charge is 0.481 e. The molecule has 1 aliphatic rings. The van der Waals surface area contributed by atoms with Gasteiger partial charge in [-0.15, -0.1) is 13.2 Å². The van der Waals surface area contributed by atoms with Crippen LogP contribution in [-0.2, 0) is 17.6 Å². The molecule has 0 spiro atoms. The number of aromatic nitrogens is 2. The molecule has 2 N–H and O–H groups in total. The van der Waals surface area contributed by atoms with E-state index in [1.54, 1.807) is 0 Å². The molecule has 6 nitrogen and oxygen atoms in total. The summed E-state index contributed by atoms with van der Waals surface area (Å²) in [6.45, 7) is 0. The molecular formula is C26H22F3N3O3. The van der Waals surface area contributed by atoms with Crippen LogP contribution in [0.3, 0.4) is 0 Å². The van der Waals surface area contributed by atoms with Gasteiger partial charge < -0.3 is 19.7 Å². The van der Waals surface area contributed by atoms with Crippen molar-refractivity contribution in [3.8, 4) is 5.75 Å². The lowest BCUT2D eigenvalue weighted by Gasteiger charge is -2.19. The summed E-state index contributed by atoms with van der Waals surface area (Å²) in [7, 11) is 0. The molecule has 1 atom stereocenters. The normalized spacial score (nSPS) is 15.2. The van der Waals surface area contributed by atoms with Gasteiger partial charge in [-0.1, -0.05) is 30.3 Å². The molecule has 0 bridgehead atoms. The third-order valence-electron chi connectivity index (χ3n) is 6.14. The van der Waals surface area contributed by atoms with Gasteiger partial charge in [0.2, 0.25) is 5.95 Å². The molecule has 180 valence electrons. The van der Waals surface area contributed by atoms with E-state index in [2.05, 4.69) is 26.8 Å². The van der Waals surface area contributed by atoms with Crippen LogP contribution in [0.1, 0.15) is 35.6 Å². The van der Waals surface area contributed by atoms with Crippen molar-refractivity contribution in [2.24, 2.45) is 0 Å². The van der Waals surface area contributed by atoms with E-state index in [4.69, 9.17) is 10.1 Å². The van der Waals surface area contributed by atoms with Crippen molar-refractivity contribution in [3.05, 3.63) is 83.4 Å². The van der Waals surface area contributed by atoms with E-state index in [-0.39, 0.29) is 18.2 Å². The number of aryl methyl sites for hydroxylation is 2. The van der Waals surface area contributed by atoms with E-state index >= 15 is 0 Å². The maximum absolute atomic E-state index is 12.5. The van der Waals surface area contributed by atoms with E-state index in [1.165, 1.54) is 35.4 Å². The minimum Gasteiger partial charge on any atom is -0.481 e. The van der Waals surface area contributed by atoms with Crippen molar-refractivity contribution in [1.82, 2.24) is 9.55 Å². The number of halogens is 3. The number of carboxylic acids is 1. The molecule has 1 aliphatic carbocycles. The van der Waals surface area contributed by atoms with Crippen LogP contribution < -0.4 is 10.1 Å². The Balaban J connectivity index is 1.52. The van der Waals surface area contributed by atoms with Gasteiger partial charge in [0.05, 0.1) is 17.1 Å². The van der Waals surface area contributed by atoms with Gasteiger partial charge in [-0.2, -0.15) is 0 Å². The Bertz CT molecular complexity index is 1380. The topological polar surface area (TPSA) is 76.4 Å². The SMILES string of the molecule is O=C(O)CCc1ccc2c(c1)nc(Nc1ccc(OC(F)(F)F)cc1)n2[C@@H]1CCc2ccccc21. The van der Waals surface area contributed by atoms with Crippen LogP contribution in [-0.4, -0.2) is 27.0 Å². The van der Waals surface area contributed by atoms with Gasteiger partial charge in [-0.3, -0.25) is 4.79 Å². The molecule has 0 radical (unpaired) electrons. The van der Waals surface area contributed by atoms with Crippen LogP contribution in [0.4, 0.5) is 24.8 Å². The summed E-state index contributed by atoms with van der Waals surface area (Å²) in [6.07, 6.45) is -2.51. The van der Waals surface area contributed by atoms with E-state index in [0.29, 0.717) is 18.1 Å². The lowest BCUT2D eigenvalue weighted by Crippen LogP contribution is -2.17. The molecule has 35 heavy (non-hydrogen) atoms. The number of nitrogens with zero attached hydrogens (tertiary/aromatic N) is 2. The number of imidazole rings is 1. The third-order valence-corrected chi connectivity index (χ3v) is 6.14. The first kappa shape index (κ1) is 22.8. The Morgan fingerprint density at radius 3 is 2.63 bits per heavy atom. The standard InChI is InChI=1S/C26H22F3N3O3/c27-26(28,29)35-19-10-8-18(9-11-19)30-25-31-21-15-16(6-14-24(33)34)5-12-23(21)32(25)22-13-7-17-3-1-2-4-20(17)22/h1-5,8-12,15,22H,6-7,13-14H2,(H,30,31)(H,33,34)/t22-/m1/s1. The minimum atomic E-state index is -4.75. The van der Waals surface area contributed by atoms with Crippen molar-refractivity contribution in [2.75, 3.05) is 5.32 Å². The van der Waals surface area contributed by atoms with E-state index in [0.717, 1.165) is 29.4 Å². The summed E-state index contributed by atoms with van der Waals surface area (Å²) in [5, 5.41) is 12.3.